The number of azo groups is 1. The molecule has 0 saturated carbocycles. The van der Waals surface area contributed by atoms with E-state index in [-0.39, 0.29) is 34.5 Å². The first kappa shape index (κ1) is 16.6. The zero-order valence-electron chi connectivity index (χ0n) is 11.2. The van der Waals surface area contributed by atoms with Crippen molar-refractivity contribution in [3.05, 3.63) is 44.8 Å². The van der Waals surface area contributed by atoms with Gasteiger partial charge in [0.1, 0.15) is 11.4 Å². The van der Waals surface area contributed by atoms with E-state index in [0.29, 0.717) is 0 Å². The monoisotopic (exact) mass is 313 g/mol. The zero-order chi connectivity index (χ0) is 16.0. The molecule has 0 atom stereocenters. The van der Waals surface area contributed by atoms with Crippen molar-refractivity contribution < 1.29 is 19.6 Å². The summed E-state index contributed by atoms with van der Waals surface area (Å²) in [4.78, 5) is 21.5. The topological polar surface area (TPSA) is 114 Å². The molecule has 0 radical (unpaired) electrons. The number of nitro groups is 1. The Morgan fingerprint density at radius 1 is 1.52 bits per heavy atom. The van der Waals surface area contributed by atoms with Gasteiger partial charge in [0.15, 0.2) is 0 Å². The summed E-state index contributed by atoms with van der Waals surface area (Å²) in [7, 11) is 0. The second-order valence-electron chi connectivity index (χ2n) is 3.75. The molecule has 0 unspecified atom stereocenters. The minimum atomic E-state index is -0.834. The smallest absolute Gasteiger partial charge is 0.362 e. The van der Waals surface area contributed by atoms with Gasteiger partial charge in [0.2, 0.25) is 5.70 Å². The summed E-state index contributed by atoms with van der Waals surface area (Å²) in [6, 6.07) is 3.58. The highest BCUT2D eigenvalue weighted by atomic mass is 35.5. The van der Waals surface area contributed by atoms with Crippen LogP contribution in [0.5, 0.6) is 0 Å². The van der Waals surface area contributed by atoms with Crippen molar-refractivity contribution in [2.75, 3.05) is 6.61 Å². The number of benzene rings is 1. The Kier molecular flexibility index (Phi) is 5.79. The molecule has 0 bridgehead atoms. The summed E-state index contributed by atoms with van der Waals surface area (Å²) in [6.07, 6.45) is 0. The molecule has 0 aliphatic carbocycles. The highest BCUT2D eigenvalue weighted by Gasteiger charge is 2.15. The van der Waals surface area contributed by atoms with Gasteiger partial charge in [-0.1, -0.05) is 11.6 Å². The standard InChI is InChI=1S/C12H12ClN3O5/c1-3-21-12(18)11(7(2)17)15-14-10-5-4-8(16(19)20)6-9(10)13/h4-6,17H,3H2,1-2H3. The molecule has 0 aliphatic heterocycles. The van der Waals surface area contributed by atoms with Gasteiger partial charge in [-0.25, -0.2) is 4.79 Å². The van der Waals surface area contributed by atoms with Crippen LogP contribution >= 0.6 is 11.6 Å². The first-order chi connectivity index (χ1) is 9.86. The van der Waals surface area contributed by atoms with Crippen molar-refractivity contribution in [3.63, 3.8) is 0 Å². The fourth-order valence-corrected chi connectivity index (χ4v) is 1.47. The van der Waals surface area contributed by atoms with Crippen LogP contribution in [0.25, 0.3) is 0 Å². The number of aliphatic hydroxyl groups is 1. The maximum absolute atomic E-state index is 11.5. The number of halogens is 1. The van der Waals surface area contributed by atoms with Gasteiger partial charge in [-0.05, 0) is 19.9 Å². The average molecular weight is 314 g/mol. The van der Waals surface area contributed by atoms with Gasteiger partial charge in [-0.3, -0.25) is 10.1 Å². The van der Waals surface area contributed by atoms with E-state index >= 15 is 0 Å². The lowest BCUT2D eigenvalue weighted by atomic mass is 10.3. The number of carbonyl (C=O) groups excluding carboxylic acids is 1. The lowest BCUT2D eigenvalue weighted by Crippen LogP contribution is -2.07. The molecule has 0 spiro atoms. The Morgan fingerprint density at radius 2 is 2.19 bits per heavy atom. The Balaban J connectivity index is 3.06. The molecule has 112 valence electrons. The normalized spacial score (nSPS) is 12.1. The largest absolute Gasteiger partial charge is 0.510 e. The van der Waals surface area contributed by atoms with Gasteiger partial charge >= 0.3 is 5.97 Å². The molecule has 0 fully saturated rings. The molecule has 1 aromatic carbocycles. The Morgan fingerprint density at radius 3 is 2.67 bits per heavy atom. The van der Waals surface area contributed by atoms with Crippen LogP contribution in [0.2, 0.25) is 5.02 Å². The van der Waals surface area contributed by atoms with Crippen LogP contribution in [0.1, 0.15) is 13.8 Å². The molecular weight excluding hydrogens is 302 g/mol. The number of esters is 1. The molecule has 1 aromatic rings. The summed E-state index contributed by atoms with van der Waals surface area (Å²) in [6.45, 7) is 2.97. The van der Waals surface area contributed by atoms with Crippen molar-refractivity contribution in [3.8, 4) is 0 Å². The van der Waals surface area contributed by atoms with Gasteiger partial charge in [0.05, 0.1) is 16.6 Å². The molecular formula is C12H12ClN3O5. The molecule has 0 aliphatic rings. The third-order valence-corrected chi connectivity index (χ3v) is 2.51. The third kappa shape index (κ3) is 4.53. The van der Waals surface area contributed by atoms with Crippen LogP contribution in [0.15, 0.2) is 39.9 Å². The molecule has 1 rings (SSSR count). The molecule has 0 aromatic heterocycles. The van der Waals surface area contributed by atoms with Crippen LogP contribution in [-0.2, 0) is 9.53 Å². The average Bonchev–Trinajstić information content (AvgIpc) is 2.40. The van der Waals surface area contributed by atoms with E-state index in [4.69, 9.17) is 16.3 Å². The maximum atomic E-state index is 11.5. The van der Waals surface area contributed by atoms with E-state index in [1.807, 2.05) is 0 Å². The van der Waals surface area contributed by atoms with Crippen LogP contribution in [0, 0.1) is 10.1 Å². The number of aliphatic hydroxyl groups excluding tert-OH is 1. The Hall–Kier alpha value is -2.48. The van der Waals surface area contributed by atoms with Crippen molar-refractivity contribution in [2.24, 2.45) is 10.2 Å². The van der Waals surface area contributed by atoms with Gasteiger partial charge in [-0.15, -0.1) is 10.2 Å². The van der Waals surface area contributed by atoms with Crippen LogP contribution in [0.3, 0.4) is 0 Å². The number of nitro benzene ring substituents is 1. The lowest BCUT2D eigenvalue weighted by molar-refractivity contribution is -0.384. The first-order valence-electron chi connectivity index (χ1n) is 5.79. The van der Waals surface area contributed by atoms with E-state index < -0.39 is 10.9 Å². The van der Waals surface area contributed by atoms with Gasteiger partial charge in [0.25, 0.3) is 5.69 Å². The number of hydrogen-bond acceptors (Lipinski definition) is 7. The molecule has 0 saturated heterocycles. The number of carbonyl (C=O) groups is 1. The number of nitrogens with zero attached hydrogens (tertiary/aromatic N) is 3. The Labute approximate surface area is 124 Å². The van der Waals surface area contributed by atoms with E-state index in [2.05, 4.69) is 10.2 Å². The predicted molar refractivity (Wildman–Crippen MR) is 74.6 cm³/mol. The number of ether oxygens (including phenoxy) is 1. The summed E-state index contributed by atoms with van der Waals surface area (Å²) >= 11 is 5.82. The fourth-order valence-electron chi connectivity index (χ4n) is 1.25. The third-order valence-electron chi connectivity index (χ3n) is 2.21. The SMILES string of the molecule is CCOC(=O)C(N=Nc1ccc([N+](=O)[O-])cc1Cl)=C(C)O. The highest BCUT2D eigenvalue weighted by Crippen LogP contribution is 2.29. The zero-order valence-corrected chi connectivity index (χ0v) is 12.0. The molecule has 9 heteroatoms. The minimum absolute atomic E-state index is 0.00764. The van der Waals surface area contributed by atoms with Crippen LogP contribution in [-0.4, -0.2) is 22.6 Å². The lowest BCUT2D eigenvalue weighted by Gasteiger charge is -2.02. The van der Waals surface area contributed by atoms with Crippen molar-refractivity contribution in [1.29, 1.82) is 0 Å². The first-order valence-corrected chi connectivity index (χ1v) is 6.17. The summed E-state index contributed by atoms with van der Waals surface area (Å²) in [5.41, 5.74) is -0.449. The predicted octanol–water partition coefficient (Wildman–Crippen LogP) is 3.68. The quantitative estimate of drug-likeness (QED) is 0.222. The van der Waals surface area contributed by atoms with Crippen molar-refractivity contribution in [2.45, 2.75) is 13.8 Å². The summed E-state index contributed by atoms with van der Waals surface area (Å²) in [5.74, 6) is -1.20. The second kappa shape index (κ2) is 7.34. The van der Waals surface area contributed by atoms with Crippen LogP contribution < -0.4 is 0 Å². The van der Waals surface area contributed by atoms with Crippen molar-refractivity contribution >= 4 is 28.9 Å². The highest BCUT2D eigenvalue weighted by molar-refractivity contribution is 6.33. The molecule has 21 heavy (non-hydrogen) atoms. The minimum Gasteiger partial charge on any atom is -0.510 e. The Bertz CT molecular complexity index is 623. The van der Waals surface area contributed by atoms with Crippen molar-refractivity contribution in [1.82, 2.24) is 0 Å². The van der Waals surface area contributed by atoms with E-state index in [1.165, 1.54) is 19.1 Å². The molecule has 8 nitrogen and oxygen atoms in total. The number of rotatable bonds is 5. The fraction of sp³-hybridized carbons (Fsp3) is 0.250. The number of non-ortho nitro benzene ring substituents is 1. The number of hydrogen-bond donors (Lipinski definition) is 1. The van der Waals surface area contributed by atoms with E-state index in [9.17, 15) is 20.0 Å². The van der Waals surface area contributed by atoms with E-state index in [0.717, 1.165) is 6.07 Å². The molecule has 1 N–H and O–H groups in total. The summed E-state index contributed by atoms with van der Waals surface area (Å²) < 4.78 is 4.70. The van der Waals surface area contributed by atoms with Gasteiger partial charge in [-0.2, -0.15) is 0 Å². The second-order valence-corrected chi connectivity index (χ2v) is 4.15. The summed E-state index contributed by atoms with van der Waals surface area (Å²) in [5, 5.41) is 27.2. The van der Waals surface area contributed by atoms with Gasteiger partial charge < -0.3 is 9.84 Å². The van der Waals surface area contributed by atoms with Crippen LogP contribution in [0.4, 0.5) is 11.4 Å². The van der Waals surface area contributed by atoms with Gasteiger partial charge in [0, 0.05) is 12.1 Å². The molecule has 0 amide bonds. The maximum Gasteiger partial charge on any atom is 0.362 e. The van der Waals surface area contributed by atoms with E-state index in [1.54, 1.807) is 6.92 Å². The molecule has 0 heterocycles. The number of allylic oxidation sites excluding steroid dienone is 1.